The highest BCUT2D eigenvalue weighted by Crippen LogP contribution is 2.20. The number of carbonyl (C=O) groups is 1. The zero-order valence-corrected chi connectivity index (χ0v) is 14.8. The standard InChI is InChI=1S/C19H17N7O/c1-12-16-10-15(11-22-17(16)26(2)25-12)23-18(27)13-5-3-6-14(9-13)24-19-20-7-4-8-21-19/h3-11H,1-2H3,(H,23,27)(H,20,21,24). The van der Waals surface area contributed by atoms with Crippen molar-refractivity contribution in [3.63, 3.8) is 0 Å². The van der Waals surface area contributed by atoms with Crippen molar-refractivity contribution in [2.45, 2.75) is 6.92 Å². The van der Waals surface area contributed by atoms with Crippen molar-refractivity contribution in [1.29, 1.82) is 0 Å². The van der Waals surface area contributed by atoms with Crippen LogP contribution in [0.2, 0.25) is 0 Å². The maximum absolute atomic E-state index is 12.6. The summed E-state index contributed by atoms with van der Waals surface area (Å²) in [7, 11) is 1.84. The molecule has 27 heavy (non-hydrogen) atoms. The second kappa shape index (κ2) is 6.83. The van der Waals surface area contributed by atoms with Crippen LogP contribution < -0.4 is 10.6 Å². The van der Waals surface area contributed by atoms with Crippen molar-refractivity contribution in [2.24, 2.45) is 7.05 Å². The number of pyridine rings is 1. The molecule has 0 aliphatic heterocycles. The maximum Gasteiger partial charge on any atom is 0.255 e. The molecule has 0 fully saturated rings. The van der Waals surface area contributed by atoms with E-state index in [0.29, 0.717) is 17.2 Å². The molecule has 0 saturated carbocycles. The molecule has 8 nitrogen and oxygen atoms in total. The maximum atomic E-state index is 12.6. The quantitative estimate of drug-likeness (QED) is 0.581. The lowest BCUT2D eigenvalue weighted by molar-refractivity contribution is 0.102. The van der Waals surface area contributed by atoms with Crippen molar-refractivity contribution in [1.82, 2.24) is 24.7 Å². The Morgan fingerprint density at radius 3 is 2.67 bits per heavy atom. The zero-order chi connectivity index (χ0) is 18.8. The topological polar surface area (TPSA) is 97.6 Å². The van der Waals surface area contributed by atoms with E-state index in [0.717, 1.165) is 22.4 Å². The van der Waals surface area contributed by atoms with Gasteiger partial charge in [0.1, 0.15) is 0 Å². The van der Waals surface area contributed by atoms with Crippen LogP contribution in [0.1, 0.15) is 16.1 Å². The first-order valence-electron chi connectivity index (χ1n) is 8.35. The smallest absolute Gasteiger partial charge is 0.255 e. The fraction of sp³-hybridized carbons (Fsp3) is 0.105. The van der Waals surface area contributed by atoms with Crippen molar-refractivity contribution in [2.75, 3.05) is 10.6 Å². The Bertz CT molecular complexity index is 1120. The summed E-state index contributed by atoms with van der Waals surface area (Å²) in [4.78, 5) is 25.2. The van der Waals surface area contributed by atoms with Crippen LogP contribution in [-0.4, -0.2) is 30.6 Å². The average Bonchev–Trinajstić information content (AvgIpc) is 2.96. The number of nitrogens with one attached hydrogen (secondary N) is 2. The number of aromatic nitrogens is 5. The van der Waals surface area contributed by atoms with Gasteiger partial charge in [-0.15, -0.1) is 0 Å². The van der Waals surface area contributed by atoms with E-state index in [-0.39, 0.29) is 5.91 Å². The lowest BCUT2D eigenvalue weighted by Gasteiger charge is -2.08. The van der Waals surface area contributed by atoms with Crippen LogP contribution in [-0.2, 0) is 7.05 Å². The molecular formula is C19H17N7O. The summed E-state index contributed by atoms with van der Waals surface area (Å²) in [5.41, 5.74) is 3.50. The van der Waals surface area contributed by atoms with Crippen molar-refractivity contribution < 1.29 is 4.79 Å². The summed E-state index contributed by atoms with van der Waals surface area (Å²) in [5.74, 6) is 0.243. The molecule has 0 atom stereocenters. The summed E-state index contributed by atoms with van der Waals surface area (Å²) in [6.07, 6.45) is 4.92. The minimum atomic E-state index is -0.227. The Labute approximate surface area is 155 Å². The number of fused-ring (bicyclic) bond motifs is 1. The molecule has 0 spiro atoms. The van der Waals surface area contributed by atoms with Gasteiger partial charge in [0.25, 0.3) is 5.91 Å². The number of amides is 1. The van der Waals surface area contributed by atoms with Gasteiger partial charge in [0.15, 0.2) is 5.65 Å². The molecule has 134 valence electrons. The van der Waals surface area contributed by atoms with E-state index >= 15 is 0 Å². The van der Waals surface area contributed by atoms with E-state index in [1.54, 1.807) is 47.5 Å². The van der Waals surface area contributed by atoms with Crippen LogP contribution in [0.15, 0.2) is 55.0 Å². The molecule has 2 N–H and O–H groups in total. The highest BCUT2D eigenvalue weighted by Gasteiger charge is 2.11. The number of benzene rings is 1. The molecule has 3 heterocycles. The van der Waals surface area contributed by atoms with Crippen LogP contribution in [0, 0.1) is 6.92 Å². The Balaban J connectivity index is 1.54. The molecule has 0 aliphatic carbocycles. The van der Waals surface area contributed by atoms with E-state index in [9.17, 15) is 4.79 Å². The van der Waals surface area contributed by atoms with Gasteiger partial charge in [-0.2, -0.15) is 5.10 Å². The second-order valence-corrected chi connectivity index (χ2v) is 6.04. The molecule has 1 amide bonds. The summed E-state index contributed by atoms with van der Waals surface area (Å²) < 4.78 is 1.72. The molecule has 8 heteroatoms. The number of aryl methyl sites for hydroxylation is 2. The first-order valence-corrected chi connectivity index (χ1v) is 8.35. The van der Waals surface area contributed by atoms with E-state index in [1.165, 1.54) is 0 Å². The Morgan fingerprint density at radius 2 is 1.85 bits per heavy atom. The van der Waals surface area contributed by atoms with Gasteiger partial charge in [-0.3, -0.25) is 9.48 Å². The second-order valence-electron chi connectivity index (χ2n) is 6.04. The fourth-order valence-electron chi connectivity index (χ4n) is 2.81. The Hall–Kier alpha value is -3.81. The number of rotatable bonds is 4. The zero-order valence-electron chi connectivity index (χ0n) is 14.8. The van der Waals surface area contributed by atoms with Gasteiger partial charge in [0.2, 0.25) is 5.95 Å². The lowest BCUT2D eigenvalue weighted by atomic mass is 10.2. The third kappa shape index (κ3) is 3.45. The number of hydrogen-bond donors (Lipinski definition) is 2. The number of anilines is 3. The molecule has 3 aromatic heterocycles. The molecule has 4 rings (SSSR count). The highest BCUT2D eigenvalue weighted by atomic mass is 16.1. The number of hydrogen-bond acceptors (Lipinski definition) is 6. The third-order valence-corrected chi connectivity index (χ3v) is 4.07. The van der Waals surface area contributed by atoms with Gasteiger partial charge >= 0.3 is 0 Å². The number of nitrogens with zero attached hydrogens (tertiary/aromatic N) is 5. The van der Waals surface area contributed by atoms with Crippen molar-refractivity contribution in [3.05, 3.63) is 66.2 Å². The fourth-order valence-corrected chi connectivity index (χ4v) is 2.81. The van der Waals surface area contributed by atoms with Gasteiger partial charge in [-0.05, 0) is 37.3 Å². The summed E-state index contributed by atoms with van der Waals surface area (Å²) in [6.45, 7) is 1.91. The Kier molecular flexibility index (Phi) is 4.21. The normalized spacial score (nSPS) is 10.7. The highest BCUT2D eigenvalue weighted by molar-refractivity contribution is 6.05. The largest absolute Gasteiger partial charge is 0.324 e. The Morgan fingerprint density at radius 1 is 1.04 bits per heavy atom. The number of carbonyl (C=O) groups excluding carboxylic acids is 1. The van der Waals surface area contributed by atoms with Gasteiger partial charge in [-0.1, -0.05) is 6.07 Å². The van der Waals surface area contributed by atoms with Crippen LogP contribution >= 0.6 is 0 Å². The lowest BCUT2D eigenvalue weighted by Crippen LogP contribution is -2.12. The molecule has 0 bridgehead atoms. The van der Waals surface area contributed by atoms with E-state index in [1.807, 2.05) is 26.1 Å². The minimum Gasteiger partial charge on any atom is -0.324 e. The first-order chi connectivity index (χ1) is 13.1. The SMILES string of the molecule is Cc1nn(C)c2ncc(NC(=O)c3cccc(Nc4ncccn4)c3)cc12. The van der Waals surface area contributed by atoms with Gasteiger partial charge in [-0.25, -0.2) is 15.0 Å². The van der Waals surface area contributed by atoms with Gasteiger partial charge in [0.05, 0.1) is 17.6 Å². The monoisotopic (exact) mass is 359 g/mol. The predicted octanol–water partition coefficient (Wildman–Crippen LogP) is 3.06. The molecule has 1 aromatic carbocycles. The average molecular weight is 359 g/mol. The summed E-state index contributed by atoms with van der Waals surface area (Å²) in [5, 5.41) is 11.2. The first kappa shape index (κ1) is 16.6. The van der Waals surface area contributed by atoms with E-state index in [2.05, 4.69) is 30.7 Å². The van der Waals surface area contributed by atoms with Crippen molar-refractivity contribution >= 4 is 34.3 Å². The minimum absolute atomic E-state index is 0.227. The third-order valence-electron chi connectivity index (χ3n) is 4.07. The van der Waals surface area contributed by atoms with Gasteiger partial charge in [0, 0.05) is 36.1 Å². The predicted molar refractivity (Wildman–Crippen MR) is 103 cm³/mol. The van der Waals surface area contributed by atoms with Crippen LogP contribution in [0.3, 0.4) is 0 Å². The molecule has 4 aromatic rings. The van der Waals surface area contributed by atoms with Crippen LogP contribution in [0.5, 0.6) is 0 Å². The van der Waals surface area contributed by atoms with Gasteiger partial charge < -0.3 is 10.6 Å². The molecule has 0 unspecified atom stereocenters. The van der Waals surface area contributed by atoms with Crippen LogP contribution in [0.4, 0.5) is 17.3 Å². The van der Waals surface area contributed by atoms with E-state index in [4.69, 9.17) is 0 Å². The molecule has 0 radical (unpaired) electrons. The summed E-state index contributed by atoms with van der Waals surface area (Å²) >= 11 is 0. The van der Waals surface area contributed by atoms with E-state index < -0.39 is 0 Å². The molecule has 0 saturated heterocycles. The van der Waals surface area contributed by atoms with Crippen LogP contribution in [0.25, 0.3) is 11.0 Å². The summed E-state index contributed by atoms with van der Waals surface area (Å²) in [6, 6.07) is 10.7. The van der Waals surface area contributed by atoms with Crippen molar-refractivity contribution in [3.8, 4) is 0 Å². The molecular weight excluding hydrogens is 342 g/mol. The molecule has 0 aliphatic rings.